The van der Waals surface area contributed by atoms with Crippen molar-refractivity contribution in [3.8, 4) is 0 Å². The number of hydrogen-bond acceptors (Lipinski definition) is 2. The quantitative estimate of drug-likeness (QED) is 0.753. The van der Waals surface area contributed by atoms with Gasteiger partial charge >= 0.3 is 0 Å². The Bertz CT molecular complexity index is 439. The maximum Gasteiger partial charge on any atom is 0.0624 e. The summed E-state index contributed by atoms with van der Waals surface area (Å²) in [6.45, 7) is -0.0155. The van der Waals surface area contributed by atoms with Crippen molar-refractivity contribution in [1.29, 1.82) is 0 Å². The summed E-state index contributed by atoms with van der Waals surface area (Å²) in [5.74, 6) is 0. The first-order chi connectivity index (χ1) is 6.81. The van der Waals surface area contributed by atoms with Crippen LogP contribution >= 0.6 is 0 Å². The number of aliphatic hydroxyl groups is 1. The molecule has 2 rings (SSSR count). The Labute approximate surface area is 83.0 Å². The molecule has 3 N–H and O–H groups in total. The van der Waals surface area contributed by atoms with E-state index in [1.807, 2.05) is 36.4 Å². The summed E-state index contributed by atoms with van der Waals surface area (Å²) in [5.41, 5.74) is 6.71. The number of aliphatic hydroxyl groups excluding tert-OH is 1. The first-order valence-electron chi connectivity index (χ1n) is 4.66. The normalized spacial score (nSPS) is 13.0. The predicted octanol–water partition coefficient (Wildman–Crippen LogP) is 1.83. The largest absolute Gasteiger partial charge is 0.394 e. The van der Waals surface area contributed by atoms with E-state index >= 15 is 0 Å². The summed E-state index contributed by atoms with van der Waals surface area (Å²) in [6.07, 6.45) is 0. The molecule has 72 valence electrons. The van der Waals surface area contributed by atoms with Crippen LogP contribution in [0.15, 0.2) is 42.5 Å². The van der Waals surface area contributed by atoms with Crippen molar-refractivity contribution < 1.29 is 5.11 Å². The SMILES string of the molecule is N[C@@H](CO)c1ccc2ccccc2c1. The van der Waals surface area contributed by atoms with E-state index in [0.717, 1.165) is 10.9 Å². The summed E-state index contributed by atoms with van der Waals surface area (Å²) in [4.78, 5) is 0. The lowest BCUT2D eigenvalue weighted by molar-refractivity contribution is 0.268. The number of benzene rings is 2. The summed E-state index contributed by atoms with van der Waals surface area (Å²) in [5, 5.41) is 11.3. The zero-order valence-electron chi connectivity index (χ0n) is 7.85. The Kier molecular flexibility index (Phi) is 2.48. The van der Waals surface area contributed by atoms with Gasteiger partial charge in [0.1, 0.15) is 0 Å². The third kappa shape index (κ3) is 1.62. The molecule has 14 heavy (non-hydrogen) atoms. The van der Waals surface area contributed by atoms with Crippen molar-refractivity contribution >= 4 is 10.8 Å². The van der Waals surface area contributed by atoms with Gasteiger partial charge < -0.3 is 10.8 Å². The molecule has 0 saturated heterocycles. The van der Waals surface area contributed by atoms with E-state index in [4.69, 9.17) is 10.8 Å². The molecule has 0 aliphatic heterocycles. The highest BCUT2D eigenvalue weighted by Gasteiger charge is 2.03. The van der Waals surface area contributed by atoms with Crippen LogP contribution in [0.1, 0.15) is 11.6 Å². The highest BCUT2D eigenvalue weighted by atomic mass is 16.3. The third-order valence-electron chi connectivity index (χ3n) is 2.40. The van der Waals surface area contributed by atoms with Gasteiger partial charge in [-0.25, -0.2) is 0 Å². The molecule has 0 aliphatic carbocycles. The fraction of sp³-hybridized carbons (Fsp3) is 0.167. The van der Waals surface area contributed by atoms with Gasteiger partial charge in [-0.3, -0.25) is 0 Å². The van der Waals surface area contributed by atoms with E-state index in [-0.39, 0.29) is 12.6 Å². The lowest BCUT2D eigenvalue weighted by Gasteiger charge is -2.09. The zero-order chi connectivity index (χ0) is 9.97. The van der Waals surface area contributed by atoms with Crippen LogP contribution in [0.25, 0.3) is 10.8 Å². The number of nitrogens with two attached hydrogens (primary N) is 1. The van der Waals surface area contributed by atoms with Gasteiger partial charge in [0.2, 0.25) is 0 Å². The molecule has 0 aliphatic rings. The van der Waals surface area contributed by atoms with Crippen molar-refractivity contribution in [3.05, 3.63) is 48.0 Å². The lowest BCUT2D eigenvalue weighted by Crippen LogP contribution is -2.14. The highest BCUT2D eigenvalue weighted by Crippen LogP contribution is 2.18. The molecule has 0 saturated carbocycles. The Morgan fingerprint density at radius 3 is 2.50 bits per heavy atom. The van der Waals surface area contributed by atoms with Gasteiger partial charge in [0.25, 0.3) is 0 Å². The Balaban J connectivity index is 2.51. The van der Waals surface area contributed by atoms with Gasteiger partial charge in [0.05, 0.1) is 12.6 Å². The van der Waals surface area contributed by atoms with Crippen LogP contribution in [0.3, 0.4) is 0 Å². The molecule has 2 heteroatoms. The fourth-order valence-corrected chi connectivity index (χ4v) is 1.54. The van der Waals surface area contributed by atoms with Crippen molar-refractivity contribution in [2.75, 3.05) is 6.61 Å². The minimum Gasteiger partial charge on any atom is -0.394 e. The minimum absolute atomic E-state index is 0.0155. The van der Waals surface area contributed by atoms with Crippen LogP contribution in [-0.4, -0.2) is 11.7 Å². The molecule has 0 unspecified atom stereocenters. The molecule has 0 radical (unpaired) electrons. The van der Waals surface area contributed by atoms with Crippen molar-refractivity contribution in [2.45, 2.75) is 6.04 Å². The first-order valence-corrected chi connectivity index (χ1v) is 4.66. The molecule has 0 heterocycles. The monoisotopic (exact) mass is 187 g/mol. The van der Waals surface area contributed by atoms with E-state index in [1.165, 1.54) is 5.39 Å². The van der Waals surface area contributed by atoms with Crippen molar-refractivity contribution in [3.63, 3.8) is 0 Å². The molecule has 2 nitrogen and oxygen atoms in total. The third-order valence-corrected chi connectivity index (χ3v) is 2.40. The van der Waals surface area contributed by atoms with Crippen LogP contribution < -0.4 is 5.73 Å². The average molecular weight is 187 g/mol. The van der Waals surface area contributed by atoms with E-state index in [1.54, 1.807) is 0 Å². The second kappa shape index (κ2) is 3.78. The van der Waals surface area contributed by atoms with Gasteiger partial charge in [-0.15, -0.1) is 0 Å². The van der Waals surface area contributed by atoms with Crippen LogP contribution in [0, 0.1) is 0 Å². The topological polar surface area (TPSA) is 46.2 Å². The van der Waals surface area contributed by atoms with Crippen molar-refractivity contribution in [2.24, 2.45) is 5.73 Å². The molecule has 2 aromatic rings. The lowest BCUT2D eigenvalue weighted by atomic mass is 10.0. The molecule has 0 bridgehead atoms. The van der Waals surface area contributed by atoms with Gasteiger partial charge in [0, 0.05) is 0 Å². The molecule has 2 aromatic carbocycles. The molecular formula is C12H13NO. The summed E-state index contributed by atoms with van der Waals surface area (Å²) >= 11 is 0. The van der Waals surface area contributed by atoms with E-state index < -0.39 is 0 Å². The molecule has 1 atom stereocenters. The summed E-state index contributed by atoms with van der Waals surface area (Å²) < 4.78 is 0. The van der Waals surface area contributed by atoms with Gasteiger partial charge in [-0.1, -0.05) is 36.4 Å². The van der Waals surface area contributed by atoms with Gasteiger partial charge in [-0.05, 0) is 22.4 Å². The smallest absolute Gasteiger partial charge is 0.0624 e. The summed E-state index contributed by atoms with van der Waals surface area (Å²) in [7, 11) is 0. The maximum absolute atomic E-state index is 8.94. The number of rotatable bonds is 2. The Hall–Kier alpha value is -1.38. The molecule has 0 fully saturated rings. The second-order valence-electron chi connectivity index (χ2n) is 3.40. The zero-order valence-corrected chi connectivity index (χ0v) is 7.85. The fourth-order valence-electron chi connectivity index (χ4n) is 1.54. The Morgan fingerprint density at radius 1 is 1.07 bits per heavy atom. The van der Waals surface area contributed by atoms with Crippen LogP contribution in [-0.2, 0) is 0 Å². The Morgan fingerprint density at radius 2 is 1.79 bits per heavy atom. The van der Waals surface area contributed by atoms with E-state index in [2.05, 4.69) is 6.07 Å². The predicted molar refractivity (Wildman–Crippen MR) is 58.0 cm³/mol. The number of hydrogen-bond donors (Lipinski definition) is 2. The van der Waals surface area contributed by atoms with E-state index in [0.29, 0.717) is 0 Å². The van der Waals surface area contributed by atoms with Crippen LogP contribution in [0.2, 0.25) is 0 Å². The summed E-state index contributed by atoms with van der Waals surface area (Å²) in [6, 6.07) is 13.8. The molecule has 0 amide bonds. The standard InChI is InChI=1S/C12H13NO/c13-12(8-14)11-6-5-9-3-1-2-4-10(9)7-11/h1-7,12,14H,8,13H2/t12-/m0/s1. The van der Waals surface area contributed by atoms with E-state index in [9.17, 15) is 0 Å². The average Bonchev–Trinajstić information content (AvgIpc) is 2.27. The molecule has 0 spiro atoms. The van der Waals surface area contributed by atoms with Gasteiger partial charge in [0.15, 0.2) is 0 Å². The maximum atomic E-state index is 8.94. The molecule has 0 aromatic heterocycles. The minimum atomic E-state index is -0.278. The molecular weight excluding hydrogens is 174 g/mol. The highest BCUT2D eigenvalue weighted by molar-refractivity contribution is 5.83. The number of fused-ring (bicyclic) bond motifs is 1. The van der Waals surface area contributed by atoms with Gasteiger partial charge in [-0.2, -0.15) is 0 Å². The van der Waals surface area contributed by atoms with Crippen LogP contribution in [0.4, 0.5) is 0 Å². The first kappa shape index (κ1) is 9.19. The second-order valence-corrected chi connectivity index (χ2v) is 3.40. The van der Waals surface area contributed by atoms with Crippen LogP contribution in [0.5, 0.6) is 0 Å². The van der Waals surface area contributed by atoms with Crippen molar-refractivity contribution in [1.82, 2.24) is 0 Å².